The van der Waals surface area contributed by atoms with Crippen molar-refractivity contribution in [2.75, 3.05) is 5.32 Å². The van der Waals surface area contributed by atoms with E-state index < -0.39 is 23.2 Å². The van der Waals surface area contributed by atoms with Crippen LogP contribution in [0, 0.1) is 11.6 Å². The molecule has 2 aromatic heterocycles. The Labute approximate surface area is 155 Å². The van der Waals surface area contributed by atoms with Gasteiger partial charge < -0.3 is 5.32 Å². The van der Waals surface area contributed by atoms with Gasteiger partial charge in [-0.2, -0.15) is 9.78 Å². The molecule has 8 nitrogen and oxygen atoms in total. The van der Waals surface area contributed by atoms with Gasteiger partial charge in [0.15, 0.2) is 0 Å². The van der Waals surface area contributed by atoms with Crippen LogP contribution in [0.2, 0.25) is 0 Å². The Morgan fingerprint density at radius 2 is 1.86 bits per heavy atom. The van der Waals surface area contributed by atoms with Gasteiger partial charge in [-0.15, -0.1) is 0 Å². The zero-order valence-electron chi connectivity index (χ0n) is 14.1. The second kappa shape index (κ2) is 6.05. The zero-order valence-corrected chi connectivity index (χ0v) is 14.1. The second-order valence-corrected chi connectivity index (χ2v) is 6.23. The van der Waals surface area contributed by atoms with Crippen LogP contribution in [-0.4, -0.2) is 30.4 Å². The van der Waals surface area contributed by atoms with Crippen LogP contribution in [0.25, 0.3) is 11.3 Å². The smallest absolute Gasteiger partial charge is 0.288 e. The summed E-state index contributed by atoms with van der Waals surface area (Å²) < 4.78 is 28.8. The molecule has 0 saturated heterocycles. The Morgan fingerprint density at radius 1 is 1.04 bits per heavy atom. The predicted molar refractivity (Wildman–Crippen MR) is 95.0 cm³/mol. The van der Waals surface area contributed by atoms with E-state index >= 15 is 0 Å². The third kappa shape index (κ3) is 2.46. The summed E-state index contributed by atoms with van der Waals surface area (Å²) in [4.78, 5) is 12.5. The first-order chi connectivity index (χ1) is 13.6. The number of fused-ring (bicyclic) bond motifs is 2. The van der Waals surface area contributed by atoms with Crippen molar-refractivity contribution in [3.05, 3.63) is 81.6 Å². The van der Waals surface area contributed by atoms with Crippen molar-refractivity contribution in [1.29, 1.82) is 0 Å². The first kappa shape index (κ1) is 16.2. The number of aromatic nitrogens is 6. The molecule has 1 atom stereocenters. The fraction of sp³-hybridized carbons (Fsp3) is 0.0556. The molecular formula is C18H11F2N7O. The molecule has 0 bridgehead atoms. The van der Waals surface area contributed by atoms with Gasteiger partial charge in [-0.25, -0.2) is 13.9 Å². The summed E-state index contributed by atoms with van der Waals surface area (Å²) in [6.45, 7) is 0. The number of nitrogens with zero attached hydrogens (tertiary/aromatic N) is 5. The first-order valence-electron chi connectivity index (χ1n) is 8.30. The van der Waals surface area contributed by atoms with Crippen LogP contribution in [0.15, 0.2) is 53.3 Å². The minimum absolute atomic E-state index is 0.200. The first-order valence-corrected chi connectivity index (χ1v) is 8.30. The molecule has 1 aliphatic rings. The highest BCUT2D eigenvalue weighted by atomic mass is 19.1. The monoisotopic (exact) mass is 379 g/mol. The molecule has 0 radical (unpaired) electrons. The maximum atomic E-state index is 13.9. The van der Waals surface area contributed by atoms with Crippen LogP contribution in [0.3, 0.4) is 0 Å². The van der Waals surface area contributed by atoms with Crippen LogP contribution in [0.5, 0.6) is 0 Å². The number of hydrogen-bond donors (Lipinski definition) is 2. The van der Waals surface area contributed by atoms with E-state index in [0.717, 1.165) is 0 Å². The Hall–Kier alpha value is -3.95. The highest BCUT2D eigenvalue weighted by molar-refractivity contribution is 5.75. The van der Waals surface area contributed by atoms with E-state index in [4.69, 9.17) is 0 Å². The van der Waals surface area contributed by atoms with Crippen LogP contribution >= 0.6 is 0 Å². The van der Waals surface area contributed by atoms with Gasteiger partial charge in [0.25, 0.3) is 5.56 Å². The Morgan fingerprint density at radius 3 is 2.64 bits per heavy atom. The number of H-pyrrole nitrogens is 1. The van der Waals surface area contributed by atoms with Gasteiger partial charge in [0.05, 0.1) is 5.69 Å². The molecule has 0 unspecified atom stereocenters. The van der Waals surface area contributed by atoms with Gasteiger partial charge in [0, 0.05) is 11.1 Å². The second-order valence-electron chi connectivity index (χ2n) is 6.23. The van der Waals surface area contributed by atoms with E-state index in [1.165, 1.54) is 28.9 Å². The summed E-state index contributed by atoms with van der Waals surface area (Å²) in [5.74, 6) is -0.596. The largest absolute Gasteiger partial charge is 0.318 e. The minimum Gasteiger partial charge on any atom is -0.318 e. The zero-order chi connectivity index (χ0) is 19.3. The summed E-state index contributed by atoms with van der Waals surface area (Å²) in [6.07, 6.45) is 0. The summed E-state index contributed by atoms with van der Waals surface area (Å²) >= 11 is 0. The number of rotatable bonds is 2. The summed E-state index contributed by atoms with van der Waals surface area (Å²) in [6, 6.07) is 10.9. The maximum Gasteiger partial charge on any atom is 0.288 e. The Kier molecular flexibility index (Phi) is 3.51. The number of anilines is 2. The molecular weight excluding hydrogens is 368 g/mol. The van der Waals surface area contributed by atoms with Crippen molar-refractivity contribution >= 4 is 11.6 Å². The number of hydrogen-bond acceptors (Lipinski definition) is 6. The number of aromatic amines is 1. The van der Waals surface area contributed by atoms with Crippen LogP contribution in [0.1, 0.15) is 17.2 Å². The molecule has 0 amide bonds. The number of benzene rings is 2. The van der Waals surface area contributed by atoms with Crippen molar-refractivity contribution in [1.82, 2.24) is 30.4 Å². The quantitative estimate of drug-likeness (QED) is 0.488. The summed E-state index contributed by atoms with van der Waals surface area (Å²) in [5, 5.41) is 21.0. The third-order valence-corrected chi connectivity index (χ3v) is 4.55. The molecule has 4 aromatic rings. The highest BCUT2D eigenvalue weighted by Gasteiger charge is 2.34. The Bertz CT molecular complexity index is 1250. The van der Waals surface area contributed by atoms with Crippen molar-refractivity contribution in [2.45, 2.75) is 6.04 Å². The number of nitrogens with one attached hydrogen (secondary N) is 2. The van der Waals surface area contributed by atoms with E-state index in [1.54, 1.807) is 24.3 Å². The maximum absolute atomic E-state index is 13.9. The van der Waals surface area contributed by atoms with Gasteiger partial charge >= 0.3 is 0 Å². The van der Waals surface area contributed by atoms with E-state index in [-0.39, 0.29) is 11.6 Å². The van der Waals surface area contributed by atoms with E-state index in [2.05, 4.69) is 31.0 Å². The van der Waals surface area contributed by atoms with Crippen LogP contribution in [0.4, 0.5) is 20.4 Å². The van der Waals surface area contributed by atoms with E-state index in [1.807, 2.05) is 0 Å². The molecule has 5 rings (SSSR count). The van der Waals surface area contributed by atoms with Crippen molar-refractivity contribution in [3.63, 3.8) is 0 Å². The average molecular weight is 379 g/mol. The van der Waals surface area contributed by atoms with Gasteiger partial charge in [-0.05, 0) is 52.4 Å². The SMILES string of the molecule is O=c1[nH]nc(-c2ccc(F)cc2)c2c1Nc1nnnn1[C@H]2c1cccc(F)c1. The van der Waals surface area contributed by atoms with Gasteiger partial charge in [0.1, 0.15) is 23.4 Å². The topological polar surface area (TPSA) is 101 Å². The average Bonchev–Trinajstić information content (AvgIpc) is 3.16. The Balaban J connectivity index is 1.82. The normalized spacial score (nSPS) is 14.9. The fourth-order valence-corrected chi connectivity index (χ4v) is 3.35. The summed E-state index contributed by atoms with van der Waals surface area (Å²) in [7, 11) is 0. The van der Waals surface area contributed by atoms with E-state index in [9.17, 15) is 13.6 Å². The number of tetrazole rings is 1. The lowest BCUT2D eigenvalue weighted by Crippen LogP contribution is -2.29. The molecule has 3 heterocycles. The van der Waals surface area contributed by atoms with Crippen molar-refractivity contribution in [3.8, 4) is 11.3 Å². The standard InChI is InChI=1S/C18H11F2N7O/c19-11-6-4-9(5-7-11)14-13-15(17(28)23-22-14)21-18-24-25-26-27(18)16(13)10-2-1-3-12(20)8-10/h1-8,16H,(H,23,28)(H,21,24,26)/t16-/m0/s1. The molecule has 138 valence electrons. The van der Waals surface area contributed by atoms with Crippen molar-refractivity contribution in [2.24, 2.45) is 0 Å². The minimum atomic E-state index is -0.702. The highest BCUT2D eigenvalue weighted by Crippen LogP contribution is 2.40. The van der Waals surface area contributed by atoms with Gasteiger partial charge in [-0.3, -0.25) is 4.79 Å². The molecule has 0 fully saturated rings. The molecule has 0 spiro atoms. The van der Waals surface area contributed by atoms with E-state index in [0.29, 0.717) is 22.4 Å². The molecule has 2 aromatic carbocycles. The molecule has 28 heavy (non-hydrogen) atoms. The molecule has 1 aliphatic heterocycles. The van der Waals surface area contributed by atoms with Crippen LogP contribution < -0.4 is 10.9 Å². The summed E-state index contributed by atoms with van der Waals surface area (Å²) in [5.41, 5.74) is 1.70. The predicted octanol–water partition coefficient (Wildman–Crippen LogP) is 2.40. The fourth-order valence-electron chi connectivity index (χ4n) is 3.35. The molecule has 0 saturated carbocycles. The van der Waals surface area contributed by atoms with Gasteiger partial charge in [-0.1, -0.05) is 17.2 Å². The molecule has 0 aliphatic carbocycles. The van der Waals surface area contributed by atoms with Gasteiger partial charge in [0.2, 0.25) is 5.95 Å². The molecule has 10 heteroatoms. The lowest BCUT2D eigenvalue weighted by atomic mass is 9.92. The lowest BCUT2D eigenvalue weighted by molar-refractivity contribution is 0.560. The molecule has 2 N–H and O–H groups in total. The van der Waals surface area contributed by atoms with Crippen LogP contribution in [-0.2, 0) is 0 Å². The lowest BCUT2D eigenvalue weighted by Gasteiger charge is -2.27. The van der Waals surface area contributed by atoms with Crippen molar-refractivity contribution < 1.29 is 8.78 Å². The third-order valence-electron chi connectivity index (χ3n) is 4.55. The number of halogens is 2.